The topological polar surface area (TPSA) is 23.6 Å². The molecule has 1 aromatic rings. The van der Waals surface area contributed by atoms with Gasteiger partial charge in [0.15, 0.2) is 0 Å². The molecule has 3 heteroatoms. The molecule has 0 atom stereocenters. The molecule has 0 N–H and O–H groups in total. The van der Waals surface area contributed by atoms with E-state index >= 15 is 0 Å². The summed E-state index contributed by atoms with van der Waals surface area (Å²) in [5, 5.41) is 0. The van der Waals surface area contributed by atoms with Crippen molar-refractivity contribution in [2.75, 3.05) is 26.2 Å². The van der Waals surface area contributed by atoms with Crippen LogP contribution in [-0.4, -0.2) is 47.9 Å². The number of piperazine rings is 1. The second-order valence-electron chi connectivity index (χ2n) is 8.80. The normalized spacial score (nSPS) is 21.2. The maximum Gasteiger partial charge on any atom is 0.253 e. The van der Waals surface area contributed by atoms with Gasteiger partial charge in [-0.3, -0.25) is 9.69 Å². The lowest BCUT2D eigenvalue weighted by Crippen LogP contribution is -2.51. The van der Waals surface area contributed by atoms with E-state index in [1.807, 2.05) is 17.0 Å². The van der Waals surface area contributed by atoms with Crippen molar-refractivity contribution in [3.63, 3.8) is 0 Å². The van der Waals surface area contributed by atoms with Gasteiger partial charge in [-0.15, -0.1) is 0 Å². The van der Waals surface area contributed by atoms with E-state index in [-0.39, 0.29) is 11.3 Å². The molecule has 1 saturated heterocycles. The van der Waals surface area contributed by atoms with E-state index in [4.69, 9.17) is 0 Å². The summed E-state index contributed by atoms with van der Waals surface area (Å²) in [6.07, 6.45) is 8.26. The van der Waals surface area contributed by atoms with Crippen LogP contribution in [-0.2, 0) is 5.41 Å². The Morgan fingerprint density at radius 2 is 1.44 bits per heavy atom. The summed E-state index contributed by atoms with van der Waals surface area (Å²) in [5.41, 5.74) is 2.24. The SMILES string of the molecule is CC(C)(C)c1ccc(C(=O)N2CCN(C3CCCCCC3)CC2)cc1. The van der Waals surface area contributed by atoms with Crippen molar-refractivity contribution < 1.29 is 4.79 Å². The zero-order chi connectivity index (χ0) is 17.9. The summed E-state index contributed by atoms with van der Waals surface area (Å²) in [6, 6.07) is 8.97. The van der Waals surface area contributed by atoms with Gasteiger partial charge in [0.2, 0.25) is 0 Å². The lowest BCUT2D eigenvalue weighted by Gasteiger charge is -2.39. The van der Waals surface area contributed by atoms with Gasteiger partial charge in [0, 0.05) is 37.8 Å². The Balaban J connectivity index is 1.56. The third-order valence-corrected chi connectivity index (χ3v) is 5.94. The zero-order valence-corrected chi connectivity index (χ0v) is 16.3. The first-order valence-electron chi connectivity index (χ1n) is 10.1. The molecule has 1 heterocycles. The summed E-state index contributed by atoms with van der Waals surface area (Å²) in [4.78, 5) is 17.5. The number of carbonyl (C=O) groups is 1. The van der Waals surface area contributed by atoms with Crippen LogP contribution in [0, 0.1) is 0 Å². The lowest BCUT2D eigenvalue weighted by atomic mass is 9.86. The summed E-state index contributed by atoms with van der Waals surface area (Å²) < 4.78 is 0. The molecule has 2 aliphatic rings. The zero-order valence-electron chi connectivity index (χ0n) is 16.3. The number of nitrogens with zero attached hydrogens (tertiary/aromatic N) is 2. The Hall–Kier alpha value is -1.35. The largest absolute Gasteiger partial charge is 0.336 e. The van der Waals surface area contributed by atoms with Crippen molar-refractivity contribution in [1.29, 1.82) is 0 Å². The molecule has 3 nitrogen and oxygen atoms in total. The van der Waals surface area contributed by atoms with Gasteiger partial charge in [-0.05, 0) is 36.0 Å². The van der Waals surface area contributed by atoms with Crippen molar-refractivity contribution in [3.05, 3.63) is 35.4 Å². The fourth-order valence-electron chi connectivity index (χ4n) is 4.21. The lowest BCUT2D eigenvalue weighted by molar-refractivity contribution is 0.0551. The highest BCUT2D eigenvalue weighted by molar-refractivity contribution is 5.94. The van der Waals surface area contributed by atoms with E-state index in [0.717, 1.165) is 37.8 Å². The van der Waals surface area contributed by atoms with Gasteiger partial charge in [0.25, 0.3) is 5.91 Å². The van der Waals surface area contributed by atoms with Gasteiger partial charge >= 0.3 is 0 Å². The van der Waals surface area contributed by atoms with Gasteiger partial charge in [-0.25, -0.2) is 0 Å². The molecule has 1 amide bonds. The van der Waals surface area contributed by atoms with Crippen LogP contribution in [0.2, 0.25) is 0 Å². The summed E-state index contributed by atoms with van der Waals surface area (Å²) >= 11 is 0. The molecule has 1 saturated carbocycles. The minimum absolute atomic E-state index is 0.131. The van der Waals surface area contributed by atoms with Crippen LogP contribution in [0.15, 0.2) is 24.3 Å². The van der Waals surface area contributed by atoms with E-state index in [1.54, 1.807) is 0 Å². The van der Waals surface area contributed by atoms with Crippen LogP contribution < -0.4 is 0 Å². The summed E-state index contributed by atoms with van der Waals surface area (Å²) in [6.45, 7) is 10.4. The molecule has 3 rings (SSSR count). The Bertz CT molecular complexity index is 557. The highest BCUT2D eigenvalue weighted by Crippen LogP contribution is 2.24. The van der Waals surface area contributed by atoms with Crippen molar-refractivity contribution >= 4 is 5.91 Å². The molecule has 0 bridgehead atoms. The third kappa shape index (κ3) is 4.63. The first-order valence-corrected chi connectivity index (χ1v) is 10.1. The predicted molar refractivity (Wildman–Crippen MR) is 104 cm³/mol. The third-order valence-electron chi connectivity index (χ3n) is 5.94. The van der Waals surface area contributed by atoms with Gasteiger partial charge < -0.3 is 4.90 Å². The van der Waals surface area contributed by atoms with Crippen LogP contribution in [0.5, 0.6) is 0 Å². The predicted octanol–water partition coefficient (Wildman–Crippen LogP) is 4.46. The molecular formula is C22H34N2O. The first-order chi connectivity index (χ1) is 11.9. The Morgan fingerprint density at radius 1 is 0.880 bits per heavy atom. The molecular weight excluding hydrogens is 308 g/mol. The van der Waals surface area contributed by atoms with E-state index in [9.17, 15) is 4.79 Å². The van der Waals surface area contributed by atoms with Gasteiger partial charge in [0.1, 0.15) is 0 Å². The highest BCUT2D eigenvalue weighted by atomic mass is 16.2. The Morgan fingerprint density at radius 3 is 1.96 bits per heavy atom. The first kappa shape index (κ1) is 18.4. The van der Waals surface area contributed by atoms with Gasteiger partial charge in [-0.1, -0.05) is 58.6 Å². The second kappa shape index (κ2) is 7.90. The number of benzene rings is 1. The molecule has 0 aromatic heterocycles. The molecule has 25 heavy (non-hydrogen) atoms. The molecule has 0 spiro atoms. The van der Waals surface area contributed by atoms with Crippen molar-refractivity contribution in [2.24, 2.45) is 0 Å². The second-order valence-corrected chi connectivity index (χ2v) is 8.80. The maximum absolute atomic E-state index is 12.8. The van der Waals surface area contributed by atoms with E-state index in [1.165, 1.54) is 44.1 Å². The average molecular weight is 343 g/mol. The van der Waals surface area contributed by atoms with E-state index in [2.05, 4.69) is 37.8 Å². The number of hydrogen-bond donors (Lipinski definition) is 0. The average Bonchev–Trinajstić information content (AvgIpc) is 2.90. The number of amides is 1. The van der Waals surface area contributed by atoms with Crippen molar-refractivity contribution in [1.82, 2.24) is 9.80 Å². The van der Waals surface area contributed by atoms with Crippen molar-refractivity contribution in [2.45, 2.75) is 70.8 Å². The van der Waals surface area contributed by atoms with E-state index < -0.39 is 0 Å². The van der Waals surface area contributed by atoms with Crippen LogP contribution in [0.4, 0.5) is 0 Å². The van der Waals surface area contributed by atoms with Gasteiger partial charge in [-0.2, -0.15) is 0 Å². The standard InChI is InChI=1S/C22H34N2O/c1-22(2,3)19-12-10-18(11-13-19)21(25)24-16-14-23(15-17-24)20-8-6-4-5-7-9-20/h10-13,20H,4-9,14-17H2,1-3H3. The molecule has 1 aromatic carbocycles. The smallest absolute Gasteiger partial charge is 0.253 e. The van der Waals surface area contributed by atoms with Crippen LogP contribution in [0.25, 0.3) is 0 Å². The van der Waals surface area contributed by atoms with Gasteiger partial charge in [0.05, 0.1) is 0 Å². The number of hydrogen-bond acceptors (Lipinski definition) is 2. The highest BCUT2D eigenvalue weighted by Gasteiger charge is 2.27. The fraction of sp³-hybridized carbons (Fsp3) is 0.682. The number of carbonyl (C=O) groups excluding carboxylic acids is 1. The molecule has 138 valence electrons. The summed E-state index contributed by atoms with van der Waals surface area (Å²) in [5.74, 6) is 0.195. The Kier molecular flexibility index (Phi) is 5.83. The fourth-order valence-corrected chi connectivity index (χ4v) is 4.21. The quantitative estimate of drug-likeness (QED) is 0.741. The van der Waals surface area contributed by atoms with Crippen LogP contribution >= 0.6 is 0 Å². The molecule has 1 aliphatic carbocycles. The summed E-state index contributed by atoms with van der Waals surface area (Å²) in [7, 11) is 0. The monoisotopic (exact) mass is 342 g/mol. The molecule has 1 aliphatic heterocycles. The maximum atomic E-state index is 12.8. The van der Waals surface area contributed by atoms with Crippen LogP contribution in [0.3, 0.4) is 0 Å². The molecule has 2 fully saturated rings. The van der Waals surface area contributed by atoms with E-state index in [0.29, 0.717) is 0 Å². The van der Waals surface area contributed by atoms with Crippen molar-refractivity contribution in [3.8, 4) is 0 Å². The molecule has 0 unspecified atom stereocenters. The molecule has 0 radical (unpaired) electrons. The number of rotatable bonds is 2. The minimum atomic E-state index is 0.131. The Labute approximate surface area is 153 Å². The van der Waals surface area contributed by atoms with Crippen LogP contribution in [0.1, 0.15) is 75.2 Å². The minimum Gasteiger partial charge on any atom is -0.336 e.